The van der Waals surface area contributed by atoms with Crippen molar-refractivity contribution in [3.8, 4) is 0 Å². The molecule has 0 unspecified atom stereocenters. The largest absolute Gasteiger partial charge is 0.330 e. The zero-order chi connectivity index (χ0) is 13.8. The standard InChI is InChI=1S/C15H22ClN3/c1-11(2)19-14(9-4-3-5-10-17)18-13-8-6-7-12(16)15(13)19/h6-8,11H,3-5,9-10,17H2,1-2H3. The lowest BCUT2D eigenvalue weighted by Crippen LogP contribution is -2.07. The topological polar surface area (TPSA) is 43.8 Å². The SMILES string of the molecule is CC(C)n1c(CCCCCN)nc2cccc(Cl)c21. The van der Waals surface area contributed by atoms with Crippen LogP contribution in [0.5, 0.6) is 0 Å². The van der Waals surface area contributed by atoms with E-state index in [-0.39, 0.29) is 0 Å². The third-order valence-electron chi connectivity index (χ3n) is 3.35. The van der Waals surface area contributed by atoms with Crippen molar-refractivity contribution >= 4 is 22.6 Å². The van der Waals surface area contributed by atoms with Crippen molar-refractivity contribution in [2.45, 2.75) is 45.6 Å². The number of unbranched alkanes of at least 4 members (excludes halogenated alkanes) is 2. The van der Waals surface area contributed by atoms with Gasteiger partial charge in [-0.05, 0) is 45.4 Å². The number of aryl methyl sites for hydroxylation is 1. The van der Waals surface area contributed by atoms with Gasteiger partial charge in [-0.15, -0.1) is 0 Å². The Balaban J connectivity index is 2.32. The van der Waals surface area contributed by atoms with Gasteiger partial charge in [0, 0.05) is 12.5 Å². The number of hydrogen-bond acceptors (Lipinski definition) is 2. The normalized spacial score (nSPS) is 11.6. The van der Waals surface area contributed by atoms with E-state index in [4.69, 9.17) is 22.3 Å². The minimum atomic E-state index is 0.370. The molecule has 3 nitrogen and oxygen atoms in total. The molecule has 19 heavy (non-hydrogen) atoms. The number of nitrogens with two attached hydrogens (primary N) is 1. The number of hydrogen-bond donors (Lipinski definition) is 1. The number of aromatic nitrogens is 2. The van der Waals surface area contributed by atoms with Gasteiger partial charge in [0.15, 0.2) is 0 Å². The maximum Gasteiger partial charge on any atom is 0.110 e. The van der Waals surface area contributed by atoms with Gasteiger partial charge in [-0.2, -0.15) is 0 Å². The number of nitrogens with zero attached hydrogens (tertiary/aromatic N) is 2. The summed E-state index contributed by atoms with van der Waals surface area (Å²) in [5.74, 6) is 1.13. The summed E-state index contributed by atoms with van der Waals surface area (Å²) in [7, 11) is 0. The van der Waals surface area contributed by atoms with Gasteiger partial charge in [0.25, 0.3) is 0 Å². The molecule has 0 amide bonds. The summed E-state index contributed by atoms with van der Waals surface area (Å²) < 4.78 is 2.26. The van der Waals surface area contributed by atoms with E-state index in [0.717, 1.165) is 54.1 Å². The quantitative estimate of drug-likeness (QED) is 0.814. The zero-order valence-electron chi connectivity index (χ0n) is 11.7. The molecule has 2 aromatic rings. The summed E-state index contributed by atoms with van der Waals surface area (Å²) >= 11 is 6.33. The Morgan fingerprint density at radius 1 is 1.26 bits per heavy atom. The fourth-order valence-electron chi connectivity index (χ4n) is 2.49. The molecule has 1 aromatic heterocycles. The van der Waals surface area contributed by atoms with Gasteiger partial charge < -0.3 is 10.3 Å². The minimum Gasteiger partial charge on any atom is -0.330 e. The molecule has 0 atom stereocenters. The number of fused-ring (bicyclic) bond motifs is 1. The van der Waals surface area contributed by atoms with Crippen LogP contribution in [0.3, 0.4) is 0 Å². The number of rotatable bonds is 6. The summed E-state index contributed by atoms with van der Waals surface area (Å²) in [6.45, 7) is 5.12. The maximum absolute atomic E-state index is 6.33. The van der Waals surface area contributed by atoms with E-state index in [2.05, 4.69) is 18.4 Å². The van der Waals surface area contributed by atoms with Crippen molar-refractivity contribution in [2.75, 3.05) is 6.54 Å². The fraction of sp³-hybridized carbons (Fsp3) is 0.533. The van der Waals surface area contributed by atoms with Crippen LogP contribution in [-0.4, -0.2) is 16.1 Å². The first-order chi connectivity index (χ1) is 9.15. The van der Waals surface area contributed by atoms with Crippen molar-refractivity contribution in [1.82, 2.24) is 9.55 Å². The van der Waals surface area contributed by atoms with Crippen LogP contribution in [-0.2, 0) is 6.42 Å². The molecular weight excluding hydrogens is 258 g/mol. The van der Waals surface area contributed by atoms with Gasteiger partial charge in [-0.1, -0.05) is 24.1 Å². The van der Waals surface area contributed by atoms with E-state index >= 15 is 0 Å². The van der Waals surface area contributed by atoms with Crippen LogP contribution in [0, 0.1) is 0 Å². The lowest BCUT2D eigenvalue weighted by molar-refractivity contribution is 0.566. The van der Waals surface area contributed by atoms with E-state index in [1.165, 1.54) is 0 Å². The molecule has 0 radical (unpaired) electrons. The smallest absolute Gasteiger partial charge is 0.110 e. The number of benzene rings is 1. The predicted molar refractivity (Wildman–Crippen MR) is 81.7 cm³/mol. The Labute approximate surface area is 119 Å². The first-order valence-electron chi connectivity index (χ1n) is 7.00. The number of halogens is 1. The second-order valence-corrected chi connectivity index (χ2v) is 5.61. The van der Waals surface area contributed by atoms with Crippen LogP contribution in [0.4, 0.5) is 0 Å². The Hall–Kier alpha value is -1.06. The lowest BCUT2D eigenvalue weighted by atomic mass is 10.2. The maximum atomic E-state index is 6.33. The summed E-state index contributed by atoms with van der Waals surface area (Å²) in [6.07, 6.45) is 4.36. The molecule has 0 bridgehead atoms. The molecule has 0 aliphatic carbocycles. The average molecular weight is 280 g/mol. The molecule has 1 heterocycles. The minimum absolute atomic E-state index is 0.370. The van der Waals surface area contributed by atoms with Crippen molar-refractivity contribution in [3.63, 3.8) is 0 Å². The van der Waals surface area contributed by atoms with Crippen LogP contribution >= 0.6 is 11.6 Å². The molecule has 104 valence electrons. The Morgan fingerprint density at radius 2 is 2.05 bits per heavy atom. The molecule has 4 heteroatoms. The fourth-order valence-corrected chi connectivity index (χ4v) is 2.75. The Bertz CT molecular complexity index is 546. The highest BCUT2D eigenvalue weighted by Crippen LogP contribution is 2.28. The van der Waals surface area contributed by atoms with Crippen molar-refractivity contribution in [3.05, 3.63) is 29.0 Å². The van der Waals surface area contributed by atoms with E-state index < -0.39 is 0 Å². The van der Waals surface area contributed by atoms with Crippen LogP contribution in [0.1, 0.15) is 45.0 Å². The Morgan fingerprint density at radius 3 is 2.74 bits per heavy atom. The molecule has 0 spiro atoms. The molecule has 1 aromatic carbocycles. The van der Waals surface area contributed by atoms with Crippen LogP contribution in [0.25, 0.3) is 11.0 Å². The highest BCUT2D eigenvalue weighted by atomic mass is 35.5. The first kappa shape index (κ1) is 14.4. The van der Waals surface area contributed by atoms with Gasteiger partial charge in [0.2, 0.25) is 0 Å². The third-order valence-corrected chi connectivity index (χ3v) is 3.66. The van der Waals surface area contributed by atoms with Crippen LogP contribution < -0.4 is 5.73 Å². The van der Waals surface area contributed by atoms with Crippen molar-refractivity contribution in [1.29, 1.82) is 0 Å². The lowest BCUT2D eigenvalue weighted by Gasteiger charge is -2.13. The van der Waals surface area contributed by atoms with Gasteiger partial charge in [-0.25, -0.2) is 4.98 Å². The average Bonchev–Trinajstić information content (AvgIpc) is 2.74. The second-order valence-electron chi connectivity index (χ2n) is 5.20. The van der Waals surface area contributed by atoms with E-state index in [9.17, 15) is 0 Å². The molecule has 2 rings (SSSR count). The summed E-state index contributed by atoms with van der Waals surface area (Å²) in [4.78, 5) is 4.74. The summed E-state index contributed by atoms with van der Waals surface area (Å²) in [6, 6.07) is 6.29. The van der Waals surface area contributed by atoms with Gasteiger partial charge in [-0.3, -0.25) is 0 Å². The van der Waals surface area contributed by atoms with Crippen molar-refractivity contribution in [2.24, 2.45) is 5.73 Å². The predicted octanol–water partition coefficient (Wildman–Crippen LogP) is 3.94. The Kier molecular flexibility index (Phi) is 4.83. The van der Waals surface area contributed by atoms with E-state index in [0.29, 0.717) is 6.04 Å². The third kappa shape index (κ3) is 3.10. The molecule has 2 N–H and O–H groups in total. The monoisotopic (exact) mass is 279 g/mol. The van der Waals surface area contributed by atoms with E-state index in [1.54, 1.807) is 0 Å². The van der Waals surface area contributed by atoms with Gasteiger partial charge in [0.05, 0.1) is 16.1 Å². The van der Waals surface area contributed by atoms with Crippen molar-refractivity contribution < 1.29 is 0 Å². The first-order valence-corrected chi connectivity index (χ1v) is 7.38. The van der Waals surface area contributed by atoms with Crippen LogP contribution in [0.15, 0.2) is 18.2 Å². The second kappa shape index (κ2) is 6.40. The molecule has 0 saturated carbocycles. The highest BCUT2D eigenvalue weighted by molar-refractivity contribution is 6.35. The molecule has 0 saturated heterocycles. The molecular formula is C15H22ClN3. The molecule has 0 aliphatic heterocycles. The molecule has 0 fully saturated rings. The highest BCUT2D eigenvalue weighted by Gasteiger charge is 2.14. The van der Waals surface area contributed by atoms with E-state index in [1.807, 2.05) is 18.2 Å². The summed E-state index contributed by atoms with van der Waals surface area (Å²) in [5, 5.41) is 0.784. The summed E-state index contributed by atoms with van der Waals surface area (Å²) in [5.41, 5.74) is 7.59. The number of para-hydroxylation sites is 1. The zero-order valence-corrected chi connectivity index (χ0v) is 12.5. The van der Waals surface area contributed by atoms with Gasteiger partial charge in [0.1, 0.15) is 5.82 Å². The van der Waals surface area contributed by atoms with Crippen LogP contribution in [0.2, 0.25) is 5.02 Å². The van der Waals surface area contributed by atoms with Gasteiger partial charge >= 0.3 is 0 Å². The number of imidazole rings is 1. The molecule has 0 aliphatic rings.